The molecule has 1 aliphatic carbocycles. The summed E-state index contributed by atoms with van der Waals surface area (Å²) in [5.41, 5.74) is 3.78. The highest BCUT2D eigenvalue weighted by Crippen LogP contribution is 2.40. The van der Waals surface area contributed by atoms with E-state index >= 15 is 0 Å². The summed E-state index contributed by atoms with van der Waals surface area (Å²) in [5.74, 6) is 6.81. The van der Waals surface area contributed by atoms with E-state index in [-0.39, 0.29) is 12.3 Å². The number of hydrogen-bond donors (Lipinski definition) is 2. The first-order valence-electron chi connectivity index (χ1n) is 12.7. The smallest absolute Gasteiger partial charge is 0.304 e. The fraction of sp³-hybridized carbons (Fsp3) is 0.281. The maximum absolute atomic E-state index is 11.2. The lowest BCUT2D eigenvalue weighted by atomic mass is 9.96. The van der Waals surface area contributed by atoms with Gasteiger partial charge in [-0.2, -0.15) is 0 Å². The molecule has 1 fully saturated rings. The molecule has 0 radical (unpaired) electrons. The normalized spacial score (nSPS) is 14.4. The first-order valence-corrected chi connectivity index (χ1v) is 13.6. The Morgan fingerprint density at radius 1 is 1.03 bits per heavy atom. The third kappa shape index (κ3) is 6.02. The van der Waals surface area contributed by atoms with Gasteiger partial charge in [-0.05, 0) is 91.2 Å². The van der Waals surface area contributed by atoms with Crippen LogP contribution in [0.25, 0.3) is 21.2 Å². The number of benzene rings is 3. The molecule has 1 aliphatic rings. The second kappa shape index (κ2) is 10.9. The van der Waals surface area contributed by atoms with Crippen LogP contribution < -0.4 is 9.47 Å². The molecule has 4 aromatic rings. The number of carboxylic acids is 1. The first-order chi connectivity index (χ1) is 18.3. The SMILES string of the molecule is CC#C[C@@H](CC(=O)O)c1ccc(Oc2ccc3scc(-c4ccc(OCCC5(O)CC5)cc4C)c3c2)cc1. The van der Waals surface area contributed by atoms with Crippen LogP contribution in [0, 0.1) is 18.8 Å². The highest BCUT2D eigenvalue weighted by Gasteiger charge is 2.39. The predicted octanol–water partition coefficient (Wildman–Crippen LogP) is 7.54. The van der Waals surface area contributed by atoms with E-state index in [0.717, 1.165) is 52.0 Å². The Morgan fingerprint density at radius 3 is 2.45 bits per heavy atom. The fourth-order valence-electron chi connectivity index (χ4n) is 4.57. The molecule has 2 N–H and O–H groups in total. The Bertz CT molecular complexity index is 1520. The quantitative estimate of drug-likeness (QED) is 0.209. The number of thiophene rings is 1. The number of rotatable bonds is 10. The number of aliphatic carboxylic acids is 1. The van der Waals surface area contributed by atoms with Gasteiger partial charge >= 0.3 is 5.97 Å². The van der Waals surface area contributed by atoms with Crippen LogP contribution in [0.3, 0.4) is 0 Å². The number of aryl methyl sites for hydroxylation is 1. The number of carboxylic acid groups (broad SMARTS) is 1. The minimum atomic E-state index is -0.872. The van der Waals surface area contributed by atoms with Crippen molar-refractivity contribution in [3.05, 3.63) is 77.2 Å². The fourth-order valence-corrected chi connectivity index (χ4v) is 5.51. The van der Waals surface area contributed by atoms with Crippen LogP contribution in [0.15, 0.2) is 66.0 Å². The van der Waals surface area contributed by atoms with E-state index in [4.69, 9.17) is 9.47 Å². The third-order valence-electron chi connectivity index (χ3n) is 6.91. The molecular formula is C32H30O5S. The van der Waals surface area contributed by atoms with Crippen molar-refractivity contribution >= 4 is 27.4 Å². The Balaban J connectivity index is 1.32. The van der Waals surface area contributed by atoms with Crippen LogP contribution in [-0.4, -0.2) is 28.4 Å². The zero-order valence-corrected chi connectivity index (χ0v) is 22.3. The van der Waals surface area contributed by atoms with E-state index in [1.165, 1.54) is 4.70 Å². The lowest BCUT2D eigenvalue weighted by Gasteiger charge is -2.12. The molecule has 194 valence electrons. The molecule has 0 spiro atoms. The predicted molar refractivity (Wildman–Crippen MR) is 151 cm³/mol. The van der Waals surface area contributed by atoms with Crippen LogP contribution in [0.5, 0.6) is 17.2 Å². The summed E-state index contributed by atoms with van der Waals surface area (Å²) >= 11 is 1.70. The molecule has 1 saturated carbocycles. The summed E-state index contributed by atoms with van der Waals surface area (Å²) < 4.78 is 13.2. The average Bonchev–Trinajstić information content (AvgIpc) is 3.48. The zero-order valence-electron chi connectivity index (χ0n) is 21.5. The van der Waals surface area contributed by atoms with Gasteiger partial charge in [0, 0.05) is 22.1 Å². The highest BCUT2D eigenvalue weighted by molar-refractivity contribution is 7.17. The number of aliphatic hydroxyl groups is 1. The first kappa shape index (κ1) is 25.8. The Kier molecular flexibility index (Phi) is 7.42. The summed E-state index contributed by atoms with van der Waals surface area (Å²) in [4.78, 5) is 11.2. The maximum atomic E-state index is 11.2. The molecule has 5 nitrogen and oxygen atoms in total. The lowest BCUT2D eigenvalue weighted by Crippen LogP contribution is -2.12. The average molecular weight is 527 g/mol. The van der Waals surface area contributed by atoms with Gasteiger partial charge in [0.05, 0.1) is 24.5 Å². The molecule has 1 atom stereocenters. The van der Waals surface area contributed by atoms with Gasteiger partial charge in [-0.3, -0.25) is 4.79 Å². The van der Waals surface area contributed by atoms with Crippen LogP contribution in [0.1, 0.15) is 49.7 Å². The molecule has 0 amide bonds. The van der Waals surface area contributed by atoms with Crippen LogP contribution in [0.4, 0.5) is 0 Å². The minimum Gasteiger partial charge on any atom is -0.493 e. The Hall–Kier alpha value is -3.79. The van der Waals surface area contributed by atoms with Crippen LogP contribution in [0.2, 0.25) is 0 Å². The minimum absolute atomic E-state index is 0.0332. The van der Waals surface area contributed by atoms with E-state index in [9.17, 15) is 15.0 Å². The van der Waals surface area contributed by atoms with Crippen LogP contribution >= 0.6 is 11.3 Å². The second-order valence-electron chi connectivity index (χ2n) is 9.82. The van der Waals surface area contributed by atoms with E-state index in [1.54, 1.807) is 18.3 Å². The summed E-state index contributed by atoms with van der Waals surface area (Å²) in [6.45, 7) is 4.32. The molecule has 0 saturated heterocycles. The van der Waals surface area contributed by atoms with Crippen molar-refractivity contribution < 1.29 is 24.5 Å². The molecule has 0 aliphatic heterocycles. The molecule has 38 heavy (non-hydrogen) atoms. The highest BCUT2D eigenvalue weighted by atomic mass is 32.1. The second-order valence-corrected chi connectivity index (χ2v) is 10.7. The molecule has 6 heteroatoms. The molecule has 1 heterocycles. The van der Waals surface area contributed by atoms with E-state index in [0.29, 0.717) is 18.8 Å². The lowest BCUT2D eigenvalue weighted by molar-refractivity contribution is -0.137. The zero-order chi connectivity index (χ0) is 26.7. The summed E-state index contributed by atoms with van der Waals surface area (Å²) in [6, 6.07) is 19.7. The van der Waals surface area contributed by atoms with Gasteiger partial charge in [0.2, 0.25) is 0 Å². The molecule has 0 unspecified atom stereocenters. The van der Waals surface area contributed by atoms with Gasteiger partial charge in [-0.1, -0.05) is 24.1 Å². The van der Waals surface area contributed by atoms with Crippen molar-refractivity contribution in [2.24, 2.45) is 0 Å². The van der Waals surface area contributed by atoms with Crippen molar-refractivity contribution in [2.75, 3.05) is 6.61 Å². The van der Waals surface area contributed by atoms with Gasteiger partial charge < -0.3 is 19.7 Å². The summed E-state index contributed by atoms with van der Waals surface area (Å²) in [5, 5.41) is 22.5. The van der Waals surface area contributed by atoms with Gasteiger partial charge in [0.15, 0.2) is 0 Å². The summed E-state index contributed by atoms with van der Waals surface area (Å²) in [6.07, 6.45) is 2.38. The van der Waals surface area contributed by atoms with Gasteiger partial charge in [0.1, 0.15) is 17.2 Å². The standard InChI is InChI=1S/C32H30O5S/c1-3-4-23(18-31(33)34)22-5-7-24(8-6-22)37-26-10-12-30-28(19-26)29(20-38-30)27-11-9-25(17-21(27)2)36-16-15-32(35)13-14-32/h5-12,17,19-20,23,35H,13-16,18H2,1-2H3,(H,33,34)/t23-/m0/s1. The molecule has 5 rings (SSSR count). The molecule has 0 bridgehead atoms. The van der Waals surface area contributed by atoms with Gasteiger partial charge in [0.25, 0.3) is 0 Å². The number of hydrogen-bond acceptors (Lipinski definition) is 5. The van der Waals surface area contributed by atoms with Crippen molar-refractivity contribution in [1.82, 2.24) is 0 Å². The van der Waals surface area contributed by atoms with Crippen molar-refractivity contribution in [1.29, 1.82) is 0 Å². The van der Waals surface area contributed by atoms with Crippen molar-refractivity contribution in [3.63, 3.8) is 0 Å². The van der Waals surface area contributed by atoms with E-state index in [2.05, 4.69) is 48.4 Å². The van der Waals surface area contributed by atoms with E-state index in [1.807, 2.05) is 36.4 Å². The third-order valence-corrected chi connectivity index (χ3v) is 7.88. The molecule has 3 aromatic carbocycles. The maximum Gasteiger partial charge on any atom is 0.304 e. The largest absolute Gasteiger partial charge is 0.493 e. The number of ether oxygens (including phenoxy) is 2. The van der Waals surface area contributed by atoms with Gasteiger partial charge in [-0.25, -0.2) is 0 Å². The van der Waals surface area contributed by atoms with E-state index < -0.39 is 11.6 Å². The number of carbonyl (C=O) groups is 1. The summed E-state index contributed by atoms with van der Waals surface area (Å²) in [7, 11) is 0. The van der Waals surface area contributed by atoms with Crippen LogP contribution in [-0.2, 0) is 4.79 Å². The number of fused-ring (bicyclic) bond motifs is 1. The van der Waals surface area contributed by atoms with Crippen molar-refractivity contribution in [2.45, 2.75) is 51.0 Å². The monoisotopic (exact) mass is 526 g/mol. The van der Waals surface area contributed by atoms with Gasteiger partial charge in [-0.15, -0.1) is 17.3 Å². The Labute approximate surface area is 226 Å². The van der Waals surface area contributed by atoms with Crippen molar-refractivity contribution in [3.8, 4) is 40.2 Å². The molecule has 1 aromatic heterocycles. The molecular weight excluding hydrogens is 496 g/mol. The Morgan fingerprint density at radius 2 is 1.76 bits per heavy atom. The topological polar surface area (TPSA) is 76.0 Å².